The number of piperidine rings is 1. The fraction of sp³-hybridized carbons (Fsp3) is 1.00. The van der Waals surface area contributed by atoms with Crippen LogP contribution in [0.4, 0.5) is 0 Å². The van der Waals surface area contributed by atoms with Crippen molar-refractivity contribution >= 4 is 19.9 Å². The van der Waals surface area contributed by atoms with E-state index < -0.39 is 31.1 Å². The van der Waals surface area contributed by atoms with Crippen LogP contribution in [0.25, 0.3) is 0 Å². The van der Waals surface area contributed by atoms with Gasteiger partial charge in [0.2, 0.25) is 10.0 Å². The van der Waals surface area contributed by atoms with Crippen molar-refractivity contribution in [3.63, 3.8) is 0 Å². The van der Waals surface area contributed by atoms with Crippen molar-refractivity contribution in [2.24, 2.45) is 5.73 Å². The first-order valence-electron chi connectivity index (χ1n) is 4.65. The third-order valence-corrected chi connectivity index (χ3v) is 6.29. The van der Waals surface area contributed by atoms with Crippen LogP contribution < -0.4 is 5.73 Å². The van der Waals surface area contributed by atoms with Crippen molar-refractivity contribution in [1.82, 2.24) is 4.31 Å². The molecule has 90 valence electrons. The van der Waals surface area contributed by atoms with Crippen molar-refractivity contribution in [3.8, 4) is 0 Å². The topological polar surface area (TPSA) is 97.5 Å². The zero-order chi connectivity index (χ0) is 11.7. The SMILES string of the molecule is CS(=O)(=O)CS(=O)(=O)N1CCCCC1N. The molecule has 0 aromatic carbocycles. The summed E-state index contributed by atoms with van der Waals surface area (Å²) in [6.45, 7) is 0.318. The van der Waals surface area contributed by atoms with E-state index in [0.29, 0.717) is 13.0 Å². The van der Waals surface area contributed by atoms with Crippen LogP contribution in [0.15, 0.2) is 0 Å². The minimum absolute atomic E-state index is 0.318. The third-order valence-electron chi connectivity index (χ3n) is 2.22. The number of hydrogen-bond acceptors (Lipinski definition) is 5. The number of sulfonamides is 1. The highest BCUT2D eigenvalue weighted by molar-refractivity contribution is 8.06. The Labute approximate surface area is 90.4 Å². The van der Waals surface area contributed by atoms with Gasteiger partial charge in [0, 0.05) is 12.8 Å². The highest BCUT2D eigenvalue weighted by Crippen LogP contribution is 2.18. The van der Waals surface area contributed by atoms with Crippen LogP contribution in [0.3, 0.4) is 0 Å². The fourth-order valence-electron chi connectivity index (χ4n) is 1.61. The number of sulfone groups is 1. The number of hydrogen-bond donors (Lipinski definition) is 1. The molecule has 0 aromatic rings. The first-order chi connectivity index (χ1) is 6.72. The van der Waals surface area contributed by atoms with Gasteiger partial charge in [0.15, 0.2) is 14.9 Å². The Balaban J connectivity index is 2.85. The molecule has 0 amide bonds. The van der Waals surface area contributed by atoms with Crippen LogP contribution in [-0.4, -0.2) is 45.2 Å². The van der Waals surface area contributed by atoms with Crippen molar-refractivity contribution < 1.29 is 16.8 Å². The molecule has 0 aliphatic carbocycles. The van der Waals surface area contributed by atoms with Gasteiger partial charge in [-0.15, -0.1) is 0 Å². The lowest BCUT2D eigenvalue weighted by Gasteiger charge is -2.31. The van der Waals surface area contributed by atoms with Gasteiger partial charge in [-0.2, -0.15) is 4.31 Å². The zero-order valence-corrected chi connectivity index (χ0v) is 10.2. The predicted octanol–water partition coefficient (Wildman–Crippen LogP) is -0.911. The highest BCUT2D eigenvalue weighted by atomic mass is 32.3. The standard InChI is InChI=1S/C7H16N2O4S2/c1-14(10,11)6-15(12,13)9-5-3-2-4-7(9)8/h7H,2-6,8H2,1H3. The average Bonchev–Trinajstić information content (AvgIpc) is 1.99. The summed E-state index contributed by atoms with van der Waals surface area (Å²) < 4.78 is 46.4. The summed E-state index contributed by atoms with van der Waals surface area (Å²) in [5.74, 6) is 0. The second kappa shape index (κ2) is 4.36. The highest BCUT2D eigenvalue weighted by Gasteiger charge is 2.32. The van der Waals surface area contributed by atoms with Gasteiger partial charge in [0.25, 0.3) is 0 Å². The van der Waals surface area contributed by atoms with Crippen LogP contribution in [0, 0.1) is 0 Å². The van der Waals surface area contributed by atoms with E-state index in [4.69, 9.17) is 5.73 Å². The minimum atomic E-state index is -3.77. The van der Waals surface area contributed by atoms with Crippen LogP contribution >= 0.6 is 0 Å². The number of rotatable bonds is 3. The van der Waals surface area contributed by atoms with Gasteiger partial charge in [-0.3, -0.25) is 0 Å². The molecule has 1 atom stereocenters. The molecular weight excluding hydrogens is 240 g/mol. The van der Waals surface area contributed by atoms with Crippen molar-refractivity contribution in [2.45, 2.75) is 25.4 Å². The molecule has 15 heavy (non-hydrogen) atoms. The van der Waals surface area contributed by atoms with Gasteiger partial charge in [-0.25, -0.2) is 16.8 Å². The Morgan fingerprint density at radius 3 is 2.33 bits per heavy atom. The van der Waals surface area contributed by atoms with E-state index in [-0.39, 0.29) is 0 Å². The second-order valence-electron chi connectivity index (χ2n) is 3.83. The van der Waals surface area contributed by atoms with E-state index >= 15 is 0 Å². The second-order valence-corrected chi connectivity index (χ2v) is 8.26. The molecule has 1 unspecified atom stereocenters. The molecule has 1 rings (SSSR count). The molecule has 8 heteroatoms. The van der Waals surface area contributed by atoms with Crippen LogP contribution in [-0.2, 0) is 19.9 Å². The predicted molar refractivity (Wildman–Crippen MR) is 57.2 cm³/mol. The molecule has 2 N–H and O–H groups in total. The smallest absolute Gasteiger partial charge is 0.229 e. The van der Waals surface area contributed by atoms with Crippen LogP contribution in [0.5, 0.6) is 0 Å². The molecule has 1 aliphatic heterocycles. The minimum Gasteiger partial charge on any atom is -0.315 e. The quantitative estimate of drug-likeness (QED) is 0.705. The van der Waals surface area contributed by atoms with E-state index in [1.54, 1.807) is 0 Å². The summed E-state index contributed by atoms with van der Waals surface area (Å²) in [4.78, 5) is 0. The summed E-state index contributed by atoms with van der Waals surface area (Å²) in [5.41, 5.74) is 5.64. The molecule has 1 heterocycles. The van der Waals surface area contributed by atoms with E-state index in [1.807, 2.05) is 0 Å². The third kappa shape index (κ3) is 3.71. The summed E-state index contributed by atoms with van der Waals surface area (Å²) in [6, 6.07) is 0. The van der Waals surface area contributed by atoms with Gasteiger partial charge >= 0.3 is 0 Å². The molecule has 1 fully saturated rings. The summed E-state index contributed by atoms with van der Waals surface area (Å²) in [7, 11) is -7.31. The van der Waals surface area contributed by atoms with E-state index in [1.165, 1.54) is 0 Å². The summed E-state index contributed by atoms with van der Waals surface area (Å²) >= 11 is 0. The lowest BCUT2D eigenvalue weighted by molar-refractivity contribution is 0.259. The summed E-state index contributed by atoms with van der Waals surface area (Å²) in [5, 5.41) is -0.853. The van der Waals surface area contributed by atoms with Gasteiger partial charge in [0.05, 0.1) is 6.17 Å². The maximum atomic E-state index is 11.7. The van der Waals surface area contributed by atoms with Crippen LogP contribution in [0.1, 0.15) is 19.3 Å². The van der Waals surface area contributed by atoms with Gasteiger partial charge in [-0.05, 0) is 19.3 Å². The fourth-order valence-corrected chi connectivity index (χ4v) is 5.25. The molecule has 1 aliphatic rings. The Bertz CT molecular complexity index is 414. The van der Waals surface area contributed by atoms with E-state index in [0.717, 1.165) is 23.4 Å². The largest absolute Gasteiger partial charge is 0.315 e. The van der Waals surface area contributed by atoms with E-state index in [9.17, 15) is 16.8 Å². The maximum absolute atomic E-state index is 11.7. The maximum Gasteiger partial charge on any atom is 0.229 e. The van der Waals surface area contributed by atoms with Gasteiger partial charge < -0.3 is 5.73 Å². The van der Waals surface area contributed by atoms with E-state index in [2.05, 4.69) is 0 Å². The van der Waals surface area contributed by atoms with Crippen LogP contribution in [0.2, 0.25) is 0 Å². The van der Waals surface area contributed by atoms with Crippen molar-refractivity contribution in [3.05, 3.63) is 0 Å². The zero-order valence-electron chi connectivity index (χ0n) is 8.59. The number of nitrogens with two attached hydrogens (primary N) is 1. The molecule has 0 aromatic heterocycles. The first-order valence-corrected chi connectivity index (χ1v) is 8.32. The Morgan fingerprint density at radius 1 is 1.27 bits per heavy atom. The molecule has 6 nitrogen and oxygen atoms in total. The van der Waals surface area contributed by atoms with Gasteiger partial charge in [-0.1, -0.05) is 0 Å². The Hall–Kier alpha value is -0.180. The molecule has 0 bridgehead atoms. The molecule has 1 saturated heterocycles. The normalized spacial score (nSPS) is 25.3. The van der Waals surface area contributed by atoms with Gasteiger partial charge in [0.1, 0.15) is 0 Å². The first kappa shape index (κ1) is 12.9. The lowest BCUT2D eigenvalue weighted by atomic mass is 10.1. The monoisotopic (exact) mass is 256 g/mol. The molecule has 0 spiro atoms. The Morgan fingerprint density at radius 2 is 1.87 bits per heavy atom. The average molecular weight is 256 g/mol. The van der Waals surface area contributed by atoms with Crippen molar-refractivity contribution in [2.75, 3.05) is 17.9 Å². The summed E-state index contributed by atoms with van der Waals surface area (Å²) in [6.07, 6.45) is 2.52. The van der Waals surface area contributed by atoms with Crippen molar-refractivity contribution in [1.29, 1.82) is 0 Å². The molecule has 0 radical (unpaired) electrons. The molecular formula is C7H16N2O4S2. The lowest BCUT2D eigenvalue weighted by Crippen LogP contribution is -2.50. The molecule has 0 saturated carbocycles. The Kier molecular flexibility index (Phi) is 3.75. The number of nitrogens with zero attached hydrogens (tertiary/aromatic N) is 1.